The topological polar surface area (TPSA) is 29.5 Å². The van der Waals surface area contributed by atoms with Crippen LogP contribution in [-0.2, 0) is 4.79 Å². The van der Waals surface area contributed by atoms with Gasteiger partial charge in [-0.15, -0.1) is 11.6 Å². The van der Waals surface area contributed by atoms with Gasteiger partial charge in [-0.3, -0.25) is 4.79 Å². The molecule has 2 rings (SSSR count). The molecule has 0 bridgehead atoms. The molecule has 0 unspecified atom stereocenters. The number of carbonyl (C=O) groups excluding carboxylic acids is 1. The number of benzene rings is 1. The molecule has 0 atom stereocenters. The van der Waals surface area contributed by atoms with E-state index in [1.807, 2.05) is 18.2 Å². The van der Waals surface area contributed by atoms with Crippen molar-refractivity contribution in [2.45, 2.75) is 6.42 Å². The molecule has 3 nitrogen and oxygen atoms in total. The smallest absolute Gasteiger partial charge is 0.228 e. The lowest BCUT2D eigenvalue weighted by molar-refractivity contribution is -0.118. The summed E-state index contributed by atoms with van der Waals surface area (Å²) in [7, 11) is 0. The van der Waals surface area contributed by atoms with Crippen LogP contribution in [0.15, 0.2) is 22.7 Å². The SMILES string of the molecule is O=C(CCCl)N1CCOc2cc(Br)ccc21. The molecule has 0 aliphatic carbocycles. The van der Waals surface area contributed by atoms with E-state index in [-0.39, 0.29) is 5.91 Å². The van der Waals surface area contributed by atoms with E-state index in [1.165, 1.54) is 0 Å². The van der Waals surface area contributed by atoms with Crippen LogP contribution < -0.4 is 9.64 Å². The first-order valence-corrected chi connectivity index (χ1v) is 6.34. The molecule has 0 spiro atoms. The standard InChI is InChI=1S/C11H11BrClNO2/c12-8-1-2-9-10(7-8)16-6-5-14(9)11(15)3-4-13/h1-2,7H,3-6H2. The summed E-state index contributed by atoms with van der Waals surface area (Å²) in [6, 6.07) is 5.65. The van der Waals surface area contributed by atoms with Crippen LogP contribution in [0.25, 0.3) is 0 Å². The molecule has 0 aromatic heterocycles. The van der Waals surface area contributed by atoms with E-state index in [2.05, 4.69) is 15.9 Å². The highest BCUT2D eigenvalue weighted by molar-refractivity contribution is 9.10. The van der Waals surface area contributed by atoms with E-state index in [4.69, 9.17) is 16.3 Å². The lowest BCUT2D eigenvalue weighted by atomic mass is 10.2. The van der Waals surface area contributed by atoms with E-state index in [0.29, 0.717) is 25.5 Å². The van der Waals surface area contributed by atoms with Crippen LogP contribution in [0.1, 0.15) is 6.42 Å². The summed E-state index contributed by atoms with van der Waals surface area (Å²) in [5, 5.41) is 0. The Hall–Kier alpha value is -0.740. The molecule has 1 amide bonds. The second-order valence-electron chi connectivity index (χ2n) is 3.44. The molecule has 0 saturated carbocycles. The second-order valence-corrected chi connectivity index (χ2v) is 4.74. The Morgan fingerprint density at radius 3 is 3.12 bits per heavy atom. The molecule has 0 fully saturated rings. The van der Waals surface area contributed by atoms with E-state index in [1.54, 1.807) is 4.90 Å². The monoisotopic (exact) mass is 303 g/mol. The fourth-order valence-corrected chi connectivity index (χ4v) is 2.17. The second kappa shape index (κ2) is 5.06. The average Bonchev–Trinajstić information content (AvgIpc) is 2.28. The van der Waals surface area contributed by atoms with Gasteiger partial charge in [0.05, 0.1) is 12.2 Å². The van der Waals surface area contributed by atoms with E-state index in [0.717, 1.165) is 15.9 Å². The van der Waals surface area contributed by atoms with Crippen molar-refractivity contribution in [2.75, 3.05) is 23.9 Å². The Balaban J connectivity index is 2.29. The zero-order valence-electron chi connectivity index (χ0n) is 8.58. The van der Waals surface area contributed by atoms with E-state index >= 15 is 0 Å². The molecular weight excluding hydrogens is 293 g/mol. The van der Waals surface area contributed by atoms with Crippen molar-refractivity contribution in [1.82, 2.24) is 0 Å². The highest BCUT2D eigenvalue weighted by Gasteiger charge is 2.22. The van der Waals surface area contributed by atoms with Crippen molar-refractivity contribution < 1.29 is 9.53 Å². The number of amides is 1. The molecule has 1 aliphatic heterocycles. The Morgan fingerprint density at radius 1 is 1.56 bits per heavy atom. The van der Waals surface area contributed by atoms with Crippen molar-refractivity contribution >= 4 is 39.1 Å². The van der Waals surface area contributed by atoms with Gasteiger partial charge in [0.2, 0.25) is 5.91 Å². The molecule has 1 heterocycles. The van der Waals surface area contributed by atoms with Gasteiger partial charge >= 0.3 is 0 Å². The van der Waals surface area contributed by atoms with E-state index < -0.39 is 0 Å². The first-order chi connectivity index (χ1) is 7.72. The van der Waals surface area contributed by atoms with Gasteiger partial charge in [-0.25, -0.2) is 0 Å². The number of halogens is 2. The number of anilines is 1. The predicted octanol–water partition coefficient (Wildman–Crippen LogP) is 2.80. The summed E-state index contributed by atoms with van der Waals surface area (Å²) in [5.74, 6) is 1.13. The summed E-state index contributed by atoms with van der Waals surface area (Å²) in [6.45, 7) is 1.11. The third kappa shape index (κ3) is 2.33. The molecule has 0 N–H and O–H groups in total. The van der Waals surface area contributed by atoms with Gasteiger partial charge in [-0.1, -0.05) is 15.9 Å². The number of hydrogen-bond acceptors (Lipinski definition) is 2. The highest BCUT2D eigenvalue weighted by atomic mass is 79.9. The number of alkyl halides is 1. The van der Waals surface area contributed by atoms with Gasteiger partial charge in [0.25, 0.3) is 0 Å². The van der Waals surface area contributed by atoms with Crippen LogP contribution in [0.2, 0.25) is 0 Å². The van der Waals surface area contributed by atoms with Crippen LogP contribution in [0, 0.1) is 0 Å². The summed E-state index contributed by atoms with van der Waals surface area (Å²) < 4.78 is 6.45. The molecule has 0 saturated heterocycles. The van der Waals surface area contributed by atoms with Gasteiger partial charge in [0, 0.05) is 16.8 Å². The number of nitrogens with zero attached hydrogens (tertiary/aromatic N) is 1. The lowest BCUT2D eigenvalue weighted by Gasteiger charge is -2.29. The molecule has 5 heteroatoms. The molecule has 1 aliphatic rings. The van der Waals surface area contributed by atoms with Crippen molar-refractivity contribution in [3.05, 3.63) is 22.7 Å². The minimum Gasteiger partial charge on any atom is -0.489 e. The predicted molar refractivity (Wildman–Crippen MR) is 67.3 cm³/mol. The molecule has 1 aromatic carbocycles. The first-order valence-electron chi connectivity index (χ1n) is 5.01. The van der Waals surface area contributed by atoms with Crippen molar-refractivity contribution in [3.63, 3.8) is 0 Å². The number of carbonyl (C=O) groups is 1. The summed E-state index contributed by atoms with van der Waals surface area (Å²) in [6.07, 6.45) is 0.358. The normalized spacial score (nSPS) is 14.2. The Morgan fingerprint density at radius 2 is 2.38 bits per heavy atom. The maximum atomic E-state index is 11.8. The highest BCUT2D eigenvalue weighted by Crippen LogP contribution is 2.34. The maximum absolute atomic E-state index is 11.8. The maximum Gasteiger partial charge on any atom is 0.228 e. The fourth-order valence-electron chi connectivity index (χ4n) is 1.67. The van der Waals surface area contributed by atoms with Crippen molar-refractivity contribution in [1.29, 1.82) is 0 Å². The number of fused-ring (bicyclic) bond motifs is 1. The third-order valence-corrected chi connectivity index (χ3v) is 3.08. The molecule has 0 radical (unpaired) electrons. The van der Waals surface area contributed by atoms with Gasteiger partial charge in [0.1, 0.15) is 12.4 Å². The average molecular weight is 305 g/mol. The minimum absolute atomic E-state index is 0.0434. The van der Waals surface area contributed by atoms with E-state index in [9.17, 15) is 4.79 Å². The summed E-state index contributed by atoms with van der Waals surface area (Å²) >= 11 is 8.96. The Bertz CT molecular complexity index is 411. The zero-order chi connectivity index (χ0) is 11.5. The van der Waals surface area contributed by atoms with Gasteiger partial charge in [0.15, 0.2) is 0 Å². The fraction of sp³-hybridized carbons (Fsp3) is 0.364. The van der Waals surface area contributed by atoms with Gasteiger partial charge < -0.3 is 9.64 Å². The number of hydrogen-bond donors (Lipinski definition) is 0. The van der Waals surface area contributed by atoms with Crippen LogP contribution >= 0.6 is 27.5 Å². The summed E-state index contributed by atoms with van der Waals surface area (Å²) in [5.41, 5.74) is 0.824. The van der Waals surface area contributed by atoms with Crippen molar-refractivity contribution in [3.8, 4) is 5.75 Å². The third-order valence-electron chi connectivity index (χ3n) is 2.39. The van der Waals surface area contributed by atoms with Gasteiger partial charge in [-0.05, 0) is 18.2 Å². The molecule has 16 heavy (non-hydrogen) atoms. The van der Waals surface area contributed by atoms with Crippen molar-refractivity contribution in [2.24, 2.45) is 0 Å². The molecule has 86 valence electrons. The van der Waals surface area contributed by atoms with Crippen LogP contribution in [0.4, 0.5) is 5.69 Å². The largest absolute Gasteiger partial charge is 0.489 e. The molecular formula is C11H11BrClNO2. The summed E-state index contributed by atoms with van der Waals surface area (Å²) in [4.78, 5) is 13.5. The number of rotatable bonds is 2. The van der Waals surface area contributed by atoms with Gasteiger partial charge in [-0.2, -0.15) is 0 Å². The first kappa shape index (κ1) is 11.7. The Labute approximate surface area is 107 Å². The quantitative estimate of drug-likeness (QED) is 0.786. The molecule has 1 aromatic rings. The van der Waals surface area contributed by atoms with Crippen LogP contribution in [-0.4, -0.2) is 24.9 Å². The van der Waals surface area contributed by atoms with Crippen LogP contribution in [0.3, 0.4) is 0 Å². The number of ether oxygens (including phenoxy) is 1. The minimum atomic E-state index is 0.0434. The lowest BCUT2D eigenvalue weighted by Crippen LogP contribution is -2.38. The zero-order valence-corrected chi connectivity index (χ0v) is 10.9. The Kier molecular flexibility index (Phi) is 3.71. The van der Waals surface area contributed by atoms with Crippen LogP contribution in [0.5, 0.6) is 5.75 Å².